The van der Waals surface area contributed by atoms with E-state index in [0.717, 1.165) is 12.8 Å². The van der Waals surface area contributed by atoms with Gasteiger partial charge >= 0.3 is 5.97 Å². The lowest BCUT2D eigenvalue weighted by Gasteiger charge is -2.42. The number of carbonyl (C=O) groups excluding carboxylic acids is 1. The first kappa shape index (κ1) is 18.4. The molecule has 2 saturated heterocycles. The molecule has 144 valence electrons. The van der Waals surface area contributed by atoms with Crippen molar-refractivity contribution < 1.29 is 19.0 Å². The number of carbonyl (C=O) groups is 1. The second-order valence-corrected chi connectivity index (χ2v) is 7.65. The maximum atomic E-state index is 12.8. The van der Waals surface area contributed by atoms with Crippen LogP contribution < -0.4 is 0 Å². The molecule has 0 aliphatic carbocycles. The van der Waals surface area contributed by atoms with Gasteiger partial charge in [0.15, 0.2) is 0 Å². The highest BCUT2D eigenvalue weighted by atomic mass is 16.7. The Labute approximate surface area is 160 Å². The largest absolute Gasteiger partial charge is 0.469 e. The highest BCUT2D eigenvalue weighted by Gasteiger charge is 2.54. The molecule has 2 aliphatic heterocycles. The Bertz CT molecular complexity index is 823. The number of ether oxygens (including phenoxy) is 3. The summed E-state index contributed by atoms with van der Waals surface area (Å²) in [5, 5.41) is 2.42. The summed E-state index contributed by atoms with van der Waals surface area (Å²) < 4.78 is 16.3. The van der Waals surface area contributed by atoms with Gasteiger partial charge in [-0.25, -0.2) is 0 Å². The van der Waals surface area contributed by atoms with Crippen LogP contribution >= 0.6 is 0 Å². The first-order valence-electron chi connectivity index (χ1n) is 9.53. The van der Waals surface area contributed by atoms with E-state index in [1.54, 1.807) is 7.11 Å². The van der Waals surface area contributed by atoms with Crippen molar-refractivity contribution in [3.63, 3.8) is 0 Å². The molecule has 2 aromatic rings. The van der Waals surface area contributed by atoms with E-state index in [9.17, 15) is 4.79 Å². The van der Waals surface area contributed by atoms with E-state index in [-0.39, 0.29) is 36.7 Å². The van der Waals surface area contributed by atoms with Gasteiger partial charge in [0.05, 0.1) is 19.1 Å². The predicted octanol–water partition coefficient (Wildman–Crippen LogP) is 3.18. The summed E-state index contributed by atoms with van der Waals surface area (Å²) in [5.74, 6) is -0.275. The van der Waals surface area contributed by atoms with E-state index < -0.39 is 0 Å². The number of hydrogen-bond acceptors (Lipinski definition) is 5. The summed E-state index contributed by atoms with van der Waals surface area (Å²) in [6.07, 6.45) is 1.83. The average molecular weight is 369 g/mol. The molecule has 27 heavy (non-hydrogen) atoms. The van der Waals surface area contributed by atoms with E-state index >= 15 is 0 Å². The zero-order valence-corrected chi connectivity index (χ0v) is 16.1. The minimum atomic E-state index is -0.248. The molecule has 0 spiro atoms. The molecular weight excluding hydrogens is 342 g/mol. The Morgan fingerprint density at radius 3 is 2.63 bits per heavy atom. The van der Waals surface area contributed by atoms with Crippen molar-refractivity contribution in [3.05, 3.63) is 48.0 Å². The van der Waals surface area contributed by atoms with E-state index in [1.165, 1.54) is 23.4 Å². The average Bonchev–Trinajstić information content (AvgIpc) is 2.89. The number of hydrogen-bond donors (Lipinski definition) is 0. The Morgan fingerprint density at radius 2 is 1.89 bits per heavy atom. The monoisotopic (exact) mass is 369 g/mol. The van der Waals surface area contributed by atoms with Gasteiger partial charge in [-0.2, -0.15) is 0 Å². The van der Waals surface area contributed by atoms with Crippen molar-refractivity contribution >= 4 is 16.7 Å². The van der Waals surface area contributed by atoms with Crippen molar-refractivity contribution in [2.45, 2.75) is 36.9 Å². The number of piperidine rings is 1. The van der Waals surface area contributed by atoms with E-state index in [2.05, 4.69) is 48.3 Å². The molecule has 2 heterocycles. The van der Waals surface area contributed by atoms with Gasteiger partial charge in [0.25, 0.3) is 0 Å². The molecule has 5 heteroatoms. The van der Waals surface area contributed by atoms with E-state index in [1.807, 2.05) is 6.07 Å². The third-order valence-corrected chi connectivity index (χ3v) is 6.33. The molecule has 2 bridgehead atoms. The fraction of sp³-hybridized carbons (Fsp3) is 0.500. The van der Waals surface area contributed by atoms with E-state index in [4.69, 9.17) is 14.2 Å². The van der Waals surface area contributed by atoms with Gasteiger partial charge in [-0.1, -0.05) is 42.5 Å². The minimum Gasteiger partial charge on any atom is -0.469 e. The molecule has 0 N–H and O–H groups in total. The Morgan fingerprint density at radius 1 is 1.11 bits per heavy atom. The molecule has 0 amide bonds. The fourth-order valence-corrected chi connectivity index (χ4v) is 5.05. The predicted molar refractivity (Wildman–Crippen MR) is 104 cm³/mol. The number of methoxy groups -OCH3 is 2. The Kier molecular flexibility index (Phi) is 5.17. The molecule has 2 aliphatic rings. The summed E-state index contributed by atoms with van der Waals surface area (Å²) in [6, 6.07) is 15.3. The van der Waals surface area contributed by atoms with Crippen molar-refractivity contribution in [1.29, 1.82) is 0 Å². The smallest absolute Gasteiger partial charge is 0.310 e. The molecule has 4 rings (SSSR count). The quantitative estimate of drug-likeness (QED) is 0.598. The zero-order valence-electron chi connectivity index (χ0n) is 16.1. The topological polar surface area (TPSA) is 48.0 Å². The SMILES string of the molecule is COCO[C@@H]1CC2C[C@H](c3ccc4ccccc4c3)[C@H](C(=O)OC)C1N2C. The number of fused-ring (bicyclic) bond motifs is 3. The van der Waals surface area contributed by atoms with Crippen LogP contribution in [0, 0.1) is 5.92 Å². The lowest BCUT2D eigenvalue weighted by atomic mass is 9.75. The standard InChI is InChI=1S/C22H27NO4/c1-23-17-11-18(16-9-8-14-6-4-5-7-15(14)10-16)20(22(24)26-3)21(23)19(12-17)27-13-25-2/h4-10,17-21H,11-13H2,1-3H3/t17?,18-,19-,20+,21?/m1/s1. The molecule has 0 saturated carbocycles. The molecule has 5 nitrogen and oxygen atoms in total. The maximum Gasteiger partial charge on any atom is 0.310 e. The summed E-state index contributed by atoms with van der Waals surface area (Å²) in [7, 11) is 5.20. The van der Waals surface area contributed by atoms with Crippen LogP contribution in [0.5, 0.6) is 0 Å². The van der Waals surface area contributed by atoms with Crippen molar-refractivity contribution in [2.75, 3.05) is 28.1 Å². The van der Waals surface area contributed by atoms with Gasteiger partial charge in [0.1, 0.15) is 6.79 Å². The van der Waals surface area contributed by atoms with Crippen molar-refractivity contribution in [1.82, 2.24) is 4.90 Å². The second-order valence-electron chi connectivity index (χ2n) is 7.65. The molecule has 5 atom stereocenters. The van der Waals surface area contributed by atoms with Gasteiger partial charge in [-0.15, -0.1) is 0 Å². The van der Waals surface area contributed by atoms with Crippen LogP contribution in [0.25, 0.3) is 10.8 Å². The zero-order chi connectivity index (χ0) is 19.0. The Balaban J connectivity index is 1.71. The molecule has 2 aromatic carbocycles. The van der Waals surface area contributed by atoms with Crippen molar-refractivity contribution in [3.8, 4) is 0 Å². The normalized spacial score (nSPS) is 30.6. The molecule has 0 aromatic heterocycles. The summed E-state index contributed by atoms with van der Waals surface area (Å²) in [5.41, 5.74) is 1.21. The van der Waals surface area contributed by atoms with Crippen LogP contribution in [-0.2, 0) is 19.0 Å². The molecule has 0 radical (unpaired) electrons. The lowest BCUT2D eigenvalue weighted by molar-refractivity contribution is -0.154. The maximum absolute atomic E-state index is 12.8. The Hall–Kier alpha value is -1.95. The number of benzene rings is 2. The lowest BCUT2D eigenvalue weighted by Crippen LogP contribution is -2.52. The number of esters is 1. The van der Waals surface area contributed by atoms with Crippen LogP contribution in [-0.4, -0.2) is 57.1 Å². The van der Waals surface area contributed by atoms with Crippen LogP contribution in [0.2, 0.25) is 0 Å². The summed E-state index contributed by atoms with van der Waals surface area (Å²) in [4.78, 5) is 15.1. The van der Waals surface area contributed by atoms with Gasteiger partial charge < -0.3 is 14.2 Å². The third kappa shape index (κ3) is 3.24. The molecule has 2 unspecified atom stereocenters. The van der Waals surface area contributed by atoms with Gasteiger partial charge in [0, 0.05) is 25.1 Å². The number of rotatable bonds is 5. The summed E-state index contributed by atoms with van der Waals surface area (Å²) in [6.45, 7) is 0.246. The highest BCUT2D eigenvalue weighted by Crippen LogP contribution is 2.48. The van der Waals surface area contributed by atoms with Crippen LogP contribution in [0.15, 0.2) is 42.5 Å². The van der Waals surface area contributed by atoms with Gasteiger partial charge in [0.2, 0.25) is 0 Å². The highest BCUT2D eigenvalue weighted by molar-refractivity contribution is 5.83. The van der Waals surface area contributed by atoms with Crippen LogP contribution in [0.4, 0.5) is 0 Å². The number of nitrogens with zero attached hydrogens (tertiary/aromatic N) is 1. The molecule has 2 fully saturated rings. The third-order valence-electron chi connectivity index (χ3n) is 6.33. The fourth-order valence-electron chi connectivity index (χ4n) is 5.05. The number of likely N-dealkylation sites (N-methyl/N-ethyl adjacent to an activating group) is 1. The van der Waals surface area contributed by atoms with E-state index in [0.29, 0.717) is 6.04 Å². The first-order chi connectivity index (χ1) is 13.1. The van der Waals surface area contributed by atoms with Crippen LogP contribution in [0.3, 0.4) is 0 Å². The minimum absolute atomic E-state index is 0.00261. The van der Waals surface area contributed by atoms with Crippen molar-refractivity contribution in [2.24, 2.45) is 5.92 Å². The van der Waals surface area contributed by atoms with Gasteiger partial charge in [-0.05, 0) is 36.2 Å². The van der Waals surface area contributed by atoms with Gasteiger partial charge in [-0.3, -0.25) is 9.69 Å². The van der Waals surface area contributed by atoms with Crippen LogP contribution in [0.1, 0.15) is 24.3 Å². The first-order valence-corrected chi connectivity index (χ1v) is 9.53. The molecular formula is C22H27NO4. The summed E-state index contributed by atoms with van der Waals surface area (Å²) >= 11 is 0. The second kappa shape index (κ2) is 7.58.